The van der Waals surface area contributed by atoms with Crippen molar-refractivity contribution in [2.24, 2.45) is 0 Å². The summed E-state index contributed by atoms with van der Waals surface area (Å²) in [6.45, 7) is 6.01. The Bertz CT molecular complexity index is 1480. The first-order valence-corrected chi connectivity index (χ1v) is 15.1. The molecule has 2 aliphatic heterocycles. The molecule has 0 N–H and O–H groups in total. The number of carbonyl (C=O) groups is 1. The van der Waals surface area contributed by atoms with Crippen LogP contribution in [0.15, 0.2) is 72.8 Å². The van der Waals surface area contributed by atoms with Gasteiger partial charge in [-0.1, -0.05) is 48.6 Å². The van der Waals surface area contributed by atoms with E-state index >= 15 is 0 Å². The molecule has 4 atom stereocenters. The van der Waals surface area contributed by atoms with Crippen molar-refractivity contribution in [2.75, 3.05) is 28.1 Å². The zero-order valence-corrected chi connectivity index (χ0v) is 26.7. The number of ether oxygens (including phenoxy) is 8. The minimum atomic E-state index is -0.831. The molecule has 2 aliphatic rings. The number of methoxy groups -OCH3 is 3. The molecular formula is C36H42O9. The number of benzene rings is 3. The van der Waals surface area contributed by atoms with Crippen LogP contribution in [0.3, 0.4) is 0 Å². The third-order valence-corrected chi connectivity index (χ3v) is 7.83. The van der Waals surface area contributed by atoms with Gasteiger partial charge in [-0.25, -0.2) is 4.79 Å². The third kappa shape index (κ3) is 7.86. The molecule has 240 valence electrons. The lowest BCUT2D eigenvalue weighted by Crippen LogP contribution is -2.37. The maximum atomic E-state index is 13.8. The summed E-state index contributed by atoms with van der Waals surface area (Å²) in [4.78, 5) is 13.8. The Hall–Kier alpha value is -3.89. The highest BCUT2D eigenvalue weighted by Gasteiger charge is 2.45. The molecule has 1 unspecified atom stereocenters. The summed E-state index contributed by atoms with van der Waals surface area (Å²) in [6.07, 6.45) is 3.29. The average Bonchev–Trinajstić information content (AvgIpc) is 3.34. The minimum absolute atomic E-state index is 0.0469. The summed E-state index contributed by atoms with van der Waals surface area (Å²) >= 11 is 0. The van der Waals surface area contributed by atoms with Gasteiger partial charge in [0.15, 0.2) is 12.6 Å². The second-order valence-corrected chi connectivity index (χ2v) is 11.6. The van der Waals surface area contributed by atoms with E-state index in [9.17, 15) is 4.79 Å². The maximum absolute atomic E-state index is 13.8. The Morgan fingerprint density at radius 2 is 1.67 bits per heavy atom. The van der Waals surface area contributed by atoms with Crippen LogP contribution in [-0.2, 0) is 36.7 Å². The fourth-order valence-corrected chi connectivity index (χ4v) is 5.71. The SMILES string of the molecule is COCOc1cc(OC)cc2c1C(=O)O[C@@H](C)C/C=C\C(OCc1ccc(OC)cc1)[C@H]1OC(C)(C)O[C@@H]1Cc1ccccc1-2. The molecule has 1 saturated heterocycles. The van der Waals surface area contributed by atoms with E-state index in [0.717, 1.165) is 22.4 Å². The number of fused-ring (bicyclic) bond motifs is 4. The molecule has 2 heterocycles. The Balaban J connectivity index is 1.57. The number of cyclic esters (lactones) is 1. The summed E-state index contributed by atoms with van der Waals surface area (Å²) in [6, 6.07) is 19.2. The van der Waals surface area contributed by atoms with E-state index in [1.165, 1.54) is 7.11 Å². The summed E-state index contributed by atoms with van der Waals surface area (Å²) < 4.78 is 47.5. The van der Waals surface area contributed by atoms with Gasteiger partial charge >= 0.3 is 5.97 Å². The molecule has 1 fully saturated rings. The van der Waals surface area contributed by atoms with Crippen LogP contribution in [0.5, 0.6) is 17.2 Å². The quantitative estimate of drug-likeness (QED) is 0.159. The topological polar surface area (TPSA) is 90.9 Å². The van der Waals surface area contributed by atoms with Crippen molar-refractivity contribution in [1.29, 1.82) is 0 Å². The minimum Gasteiger partial charge on any atom is -0.497 e. The van der Waals surface area contributed by atoms with Crippen LogP contribution < -0.4 is 14.2 Å². The zero-order valence-electron chi connectivity index (χ0n) is 26.7. The van der Waals surface area contributed by atoms with Crippen LogP contribution in [-0.4, -0.2) is 64.3 Å². The second kappa shape index (κ2) is 14.5. The van der Waals surface area contributed by atoms with Crippen LogP contribution >= 0.6 is 0 Å². The Kier molecular flexibility index (Phi) is 10.5. The zero-order chi connectivity index (χ0) is 32.0. The fraction of sp³-hybridized carbons (Fsp3) is 0.417. The van der Waals surface area contributed by atoms with Crippen molar-refractivity contribution in [3.8, 4) is 28.4 Å². The monoisotopic (exact) mass is 618 g/mol. The fourth-order valence-electron chi connectivity index (χ4n) is 5.71. The first-order chi connectivity index (χ1) is 21.7. The summed E-state index contributed by atoms with van der Waals surface area (Å²) in [5.41, 5.74) is 3.71. The third-order valence-electron chi connectivity index (χ3n) is 7.83. The normalized spacial score (nSPS) is 23.5. The first kappa shape index (κ1) is 32.5. The standard InChI is InChI=1S/C36H42O9/c1-23-10-9-13-30(41-21-24-14-16-26(39-5)17-15-24)34-32(44-36(2,3)45-34)18-25-11-7-8-12-28(25)29-19-27(40-6)20-31(42-22-38-4)33(29)35(37)43-23/h7-9,11-17,19-20,23,30,32,34H,10,18,21-22H2,1-6H3/b13-9-/t23-,30?,32+,34+/m0/s1. The van der Waals surface area contributed by atoms with Crippen LogP contribution in [0.25, 0.3) is 11.1 Å². The molecular weight excluding hydrogens is 576 g/mol. The molecule has 0 saturated carbocycles. The van der Waals surface area contributed by atoms with Gasteiger partial charge in [-0.3, -0.25) is 0 Å². The average molecular weight is 619 g/mol. The lowest BCUT2D eigenvalue weighted by Gasteiger charge is -2.26. The Morgan fingerprint density at radius 1 is 0.911 bits per heavy atom. The molecule has 5 rings (SSSR count). The van der Waals surface area contributed by atoms with E-state index < -0.39 is 30.1 Å². The molecule has 9 heteroatoms. The molecule has 45 heavy (non-hydrogen) atoms. The molecule has 3 aromatic rings. The lowest BCUT2D eigenvalue weighted by atomic mass is 9.90. The van der Waals surface area contributed by atoms with E-state index in [4.69, 9.17) is 37.9 Å². The van der Waals surface area contributed by atoms with Crippen molar-refractivity contribution in [1.82, 2.24) is 0 Å². The number of hydrogen-bond donors (Lipinski definition) is 0. The molecule has 0 aromatic heterocycles. The summed E-state index contributed by atoms with van der Waals surface area (Å²) in [5, 5.41) is 0. The van der Waals surface area contributed by atoms with Crippen molar-refractivity contribution < 1.29 is 42.7 Å². The van der Waals surface area contributed by atoms with E-state index in [1.807, 2.05) is 87.5 Å². The number of hydrogen-bond acceptors (Lipinski definition) is 9. The van der Waals surface area contributed by atoms with Crippen LogP contribution in [0.4, 0.5) is 0 Å². The Morgan fingerprint density at radius 3 is 2.40 bits per heavy atom. The van der Waals surface area contributed by atoms with E-state index in [1.54, 1.807) is 20.3 Å². The smallest absolute Gasteiger partial charge is 0.342 e. The summed E-state index contributed by atoms with van der Waals surface area (Å²) in [7, 11) is 4.74. The molecule has 0 radical (unpaired) electrons. The van der Waals surface area contributed by atoms with Gasteiger partial charge < -0.3 is 37.9 Å². The molecule has 0 aliphatic carbocycles. The van der Waals surface area contributed by atoms with E-state index in [2.05, 4.69) is 0 Å². The van der Waals surface area contributed by atoms with Gasteiger partial charge in [0.1, 0.15) is 41.1 Å². The van der Waals surface area contributed by atoms with Crippen molar-refractivity contribution >= 4 is 5.97 Å². The van der Waals surface area contributed by atoms with Gasteiger partial charge in [0, 0.05) is 31.6 Å². The highest BCUT2D eigenvalue weighted by molar-refractivity contribution is 6.01. The van der Waals surface area contributed by atoms with E-state index in [0.29, 0.717) is 42.1 Å². The van der Waals surface area contributed by atoms with Gasteiger partial charge in [0.05, 0.1) is 26.9 Å². The predicted octanol–water partition coefficient (Wildman–Crippen LogP) is 6.51. The molecule has 3 aromatic carbocycles. The van der Waals surface area contributed by atoms with Crippen molar-refractivity contribution in [2.45, 2.75) is 70.4 Å². The molecule has 0 amide bonds. The van der Waals surface area contributed by atoms with Gasteiger partial charge in [-0.2, -0.15) is 0 Å². The number of esters is 1. The van der Waals surface area contributed by atoms with Gasteiger partial charge in [-0.15, -0.1) is 0 Å². The number of carbonyl (C=O) groups excluding carboxylic acids is 1. The van der Waals surface area contributed by atoms with Gasteiger partial charge in [0.2, 0.25) is 0 Å². The predicted molar refractivity (Wildman–Crippen MR) is 169 cm³/mol. The lowest BCUT2D eigenvalue weighted by molar-refractivity contribution is -0.156. The van der Waals surface area contributed by atoms with Gasteiger partial charge in [-0.05, 0) is 55.7 Å². The number of rotatable bonds is 8. The van der Waals surface area contributed by atoms with Crippen molar-refractivity contribution in [3.05, 3.63) is 89.5 Å². The highest BCUT2D eigenvalue weighted by Crippen LogP contribution is 2.40. The highest BCUT2D eigenvalue weighted by atomic mass is 16.8. The van der Waals surface area contributed by atoms with Gasteiger partial charge in [0.25, 0.3) is 0 Å². The maximum Gasteiger partial charge on any atom is 0.342 e. The van der Waals surface area contributed by atoms with E-state index in [-0.39, 0.29) is 12.9 Å². The van der Waals surface area contributed by atoms with Crippen LogP contribution in [0.1, 0.15) is 48.7 Å². The molecule has 0 bridgehead atoms. The first-order valence-electron chi connectivity index (χ1n) is 15.1. The summed E-state index contributed by atoms with van der Waals surface area (Å²) in [5.74, 6) is 0.295. The largest absolute Gasteiger partial charge is 0.497 e. The van der Waals surface area contributed by atoms with Crippen molar-refractivity contribution in [3.63, 3.8) is 0 Å². The Labute approximate surface area is 264 Å². The molecule has 9 nitrogen and oxygen atoms in total. The molecule has 0 spiro atoms. The second-order valence-electron chi connectivity index (χ2n) is 11.6. The van der Waals surface area contributed by atoms with Crippen LogP contribution in [0.2, 0.25) is 0 Å². The van der Waals surface area contributed by atoms with Crippen LogP contribution in [0, 0.1) is 0 Å².